The summed E-state index contributed by atoms with van der Waals surface area (Å²) in [6.07, 6.45) is 0. The van der Waals surface area contributed by atoms with Crippen molar-refractivity contribution in [2.75, 3.05) is 10.6 Å². The normalized spacial score (nSPS) is 10.6. The van der Waals surface area contributed by atoms with Crippen LogP contribution < -0.4 is 10.6 Å². The van der Waals surface area contributed by atoms with Gasteiger partial charge in [-0.1, -0.05) is 30.3 Å². The summed E-state index contributed by atoms with van der Waals surface area (Å²) in [5.74, 6) is -1.43. The molecule has 0 spiro atoms. The third-order valence-corrected chi connectivity index (χ3v) is 4.87. The number of carbonyl (C=O) groups excluding carboxylic acids is 1. The average molecular weight is 407 g/mol. The fourth-order valence-corrected chi connectivity index (χ4v) is 3.49. The van der Waals surface area contributed by atoms with Gasteiger partial charge in [-0.05, 0) is 42.5 Å². The van der Waals surface area contributed by atoms with Crippen molar-refractivity contribution < 1.29 is 13.6 Å². The minimum Gasteiger partial charge on any atom is -0.331 e. The number of benzene rings is 3. The van der Waals surface area contributed by atoms with E-state index in [9.17, 15) is 13.6 Å². The van der Waals surface area contributed by atoms with Gasteiger partial charge in [0, 0.05) is 22.3 Å². The van der Waals surface area contributed by atoms with E-state index in [0.717, 1.165) is 5.56 Å². The third kappa shape index (κ3) is 4.47. The number of amides is 1. The molecule has 0 bridgehead atoms. The van der Waals surface area contributed by atoms with Crippen LogP contribution in [0.4, 0.5) is 25.3 Å². The highest BCUT2D eigenvalue weighted by Crippen LogP contribution is 2.29. The summed E-state index contributed by atoms with van der Waals surface area (Å²) in [5.41, 5.74) is 2.61. The maximum atomic E-state index is 13.8. The predicted molar refractivity (Wildman–Crippen MR) is 112 cm³/mol. The molecule has 0 aliphatic heterocycles. The Hall–Kier alpha value is -3.58. The standard InChI is InChI=1S/C22H15F2N3OS/c23-15-6-4-8-17(12-15)26-22-27-20(13-29-22)14-5-3-7-16(11-14)25-21(28)18-9-1-2-10-19(18)24/h1-13H,(H,25,28)(H,26,27). The van der Waals surface area contributed by atoms with Crippen LogP contribution in [0.15, 0.2) is 78.2 Å². The molecule has 0 saturated carbocycles. The van der Waals surface area contributed by atoms with Crippen LogP contribution in [0.5, 0.6) is 0 Å². The molecular weight excluding hydrogens is 392 g/mol. The SMILES string of the molecule is O=C(Nc1cccc(-c2csc(Nc3cccc(F)c3)n2)c1)c1ccccc1F. The van der Waals surface area contributed by atoms with Crippen molar-refractivity contribution in [2.45, 2.75) is 0 Å². The van der Waals surface area contributed by atoms with Crippen molar-refractivity contribution in [3.63, 3.8) is 0 Å². The number of halogens is 2. The van der Waals surface area contributed by atoms with Crippen molar-refractivity contribution >= 4 is 33.8 Å². The maximum Gasteiger partial charge on any atom is 0.258 e. The second kappa shape index (κ2) is 8.20. The average Bonchev–Trinajstić information content (AvgIpc) is 3.17. The highest BCUT2D eigenvalue weighted by atomic mass is 32.1. The zero-order valence-corrected chi connectivity index (χ0v) is 15.8. The van der Waals surface area contributed by atoms with Gasteiger partial charge in [-0.3, -0.25) is 4.79 Å². The number of anilines is 3. The molecule has 1 aromatic heterocycles. The minimum absolute atomic E-state index is 0.0202. The smallest absolute Gasteiger partial charge is 0.258 e. The molecule has 4 nitrogen and oxygen atoms in total. The van der Waals surface area contributed by atoms with E-state index in [4.69, 9.17) is 0 Å². The Labute approximate surface area is 169 Å². The Kier molecular flexibility index (Phi) is 5.31. The summed E-state index contributed by atoms with van der Waals surface area (Å²) < 4.78 is 27.1. The molecule has 7 heteroatoms. The largest absolute Gasteiger partial charge is 0.331 e. The van der Waals surface area contributed by atoms with Gasteiger partial charge in [-0.2, -0.15) is 0 Å². The number of aromatic nitrogens is 1. The van der Waals surface area contributed by atoms with Crippen LogP contribution in [0.2, 0.25) is 0 Å². The van der Waals surface area contributed by atoms with Crippen LogP contribution >= 0.6 is 11.3 Å². The Morgan fingerprint density at radius 2 is 1.69 bits per heavy atom. The van der Waals surface area contributed by atoms with Gasteiger partial charge in [0.15, 0.2) is 5.13 Å². The molecule has 1 heterocycles. The highest BCUT2D eigenvalue weighted by Gasteiger charge is 2.12. The van der Waals surface area contributed by atoms with Crippen molar-refractivity contribution in [1.29, 1.82) is 0 Å². The fourth-order valence-electron chi connectivity index (χ4n) is 2.75. The van der Waals surface area contributed by atoms with Crippen LogP contribution in [0.3, 0.4) is 0 Å². The van der Waals surface area contributed by atoms with E-state index < -0.39 is 11.7 Å². The monoisotopic (exact) mass is 407 g/mol. The zero-order valence-electron chi connectivity index (χ0n) is 15.0. The quantitative estimate of drug-likeness (QED) is 0.421. The number of thiazole rings is 1. The molecule has 0 radical (unpaired) electrons. The molecule has 0 unspecified atom stereocenters. The Morgan fingerprint density at radius 3 is 2.52 bits per heavy atom. The topological polar surface area (TPSA) is 54.0 Å². The first-order valence-corrected chi connectivity index (χ1v) is 9.61. The van der Waals surface area contributed by atoms with E-state index >= 15 is 0 Å². The van der Waals surface area contributed by atoms with Crippen LogP contribution in [-0.4, -0.2) is 10.9 Å². The number of rotatable bonds is 5. The lowest BCUT2D eigenvalue weighted by Gasteiger charge is -2.07. The third-order valence-electron chi connectivity index (χ3n) is 4.11. The maximum absolute atomic E-state index is 13.8. The highest BCUT2D eigenvalue weighted by molar-refractivity contribution is 7.14. The first kappa shape index (κ1) is 18.8. The predicted octanol–water partition coefficient (Wildman–Crippen LogP) is 6.08. The van der Waals surface area contributed by atoms with Crippen LogP contribution in [0.1, 0.15) is 10.4 Å². The lowest BCUT2D eigenvalue weighted by atomic mass is 10.1. The van der Waals surface area contributed by atoms with E-state index in [0.29, 0.717) is 22.2 Å². The van der Waals surface area contributed by atoms with E-state index in [1.165, 1.54) is 41.7 Å². The van der Waals surface area contributed by atoms with Gasteiger partial charge in [-0.25, -0.2) is 13.8 Å². The Morgan fingerprint density at radius 1 is 0.897 bits per heavy atom. The van der Waals surface area contributed by atoms with Crippen molar-refractivity contribution in [3.8, 4) is 11.3 Å². The molecule has 1 amide bonds. The zero-order chi connectivity index (χ0) is 20.2. The van der Waals surface area contributed by atoms with Gasteiger partial charge < -0.3 is 10.6 Å². The van der Waals surface area contributed by atoms with Gasteiger partial charge in [-0.15, -0.1) is 11.3 Å². The molecule has 4 aromatic rings. The lowest BCUT2D eigenvalue weighted by molar-refractivity contribution is 0.102. The molecule has 144 valence electrons. The lowest BCUT2D eigenvalue weighted by Crippen LogP contribution is -2.13. The molecule has 0 aliphatic carbocycles. The fraction of sp³-hybridized carbons (Fsp3) is 0. The summed E-state index contributed by atoms with van der Waals surface area (Å²) in [6.45, 7) is 0. The minimum atomic E-state index is -0.575. The first-order valence-electron chi connectivity index (χ1n) is 8.73. The molecule has 4 rings (SSSR count). The molecule has 0 saturated heterocycles. The summed E-state index contributed by atoms with van der Waals surface area (Å²) in [7, 11) is 0. The summed E-state index contributed by atoms with van der Waals surface area (Å²) >= 11 is 1.38. The summed E-state index contributed by atoms with van der Waals surface area (Å²) in [4.78, 5) is 16.8. The second-order valence-electron chi connectivity index (χ2n) is 6.19. The molecule has 29 heavy (non-hydrogen) atoms. The van der Waals surface area contributed by atoms with E-state index in [2.05, 4.69) is 15.6 Å². The molecular formula is C22H15F2N3OS. The molecule has 3 aromatic carbocycles. The summed E-state index contributed by atoms with van der Waals surface area (Å²) in [6, 6.07) is 19.1. The Bertz CT molecular complexity index is 1180. The first-order chi connectivity index (χ1) is 14.1. The van der Waals surface area contributed by atoms with Crippen LogP contribution in [0.25, 0.3) is 11.3 Å². The van der Waals surface area contributed by atoms with Crippen LogP contribution in [-0.2, 0) is 0 Å². The molecule has 2 N–H and O–H groups in total. The molecule has 0 aliphatic rings. The van der Waals surface area contributed by atoms with Crippen molar-refractivity contribution in [3.05, 3.63) is 95.4 Å². The van der Waals surface area contributed by atoms with Gasteiger partial charge in [0.2, 0.25) is 0 Å². The number of nitrogens with zero attached hydrogens (tertiary/aromatic N) is 1. The van der Waals surface area contributed by atoms with E-state index in [1.807, 2.05) is 11.4 Å². The molecule has 0 fully saturated rings. The van der Waals surface area contributed by atoms with E-state index in [-0.39, 0.29) is 11.4 Å². The van der Waals surface area contributed by atoms with Gasteiger partial charge in [0.1, 0.15) is 11.6 Å². The number of hydrogen-bond acceptors (Lipinski definition) is 4. The number of nitrogens with one attached hydrogen (secondary N) is 2. The number of carbonyl (C=O) groups is 1. The molecule has 0 atom stereocenters. The Balaban J connectivity index is 1.51. The van der Waals surface area contributed by atoms with Crippen LogP contribution in [0, 0.1) is 11.6 Å². The summed E-state index contributed by atoms with van der Waals surface area (Å²) in [5, 5.41) is 8.24. The second-order valence-corrected chi connectivity index (χ2v) is 7.05. The van der Waals surface area contributed by atoms with Gasteiger partial charge in [0.25, 0.3) is 5.91 Å². The number of hydrogen-bond donors (Lipinski definition) is 2. The van der Waals surface area contributed by atoms with E-state index in [1.54, 1.807) is 36.4 Å². The van der Waals surface area contributed by atoms with Gasteiger partial charge in [0.05, 0.1) is 11.3 Å². The van der Waals surface area contributed by atoms with Gasteiger partial charge >= 0.3 is 0 Å². The van der Waals surface area contributed by atoms with Crippen molar-refractivity contribution in [2.24, 2.45) is 0 Å². The van der Waals surface area contributed by atoms with Crippen molar-refractivity contribution in [1.82, 2.24) is 4.98 Å².